The average molecular weight is 308 g/mol. The van der Waals surface area contributed by atoms with Crippen LogP contribution < -0.4 is 10.6 Å². The fourth-order valence-electron chi connectivity index (χ4n) is 2.95. The Kier molecular flexibility index (Phi) is 7.28. The molecule has 2 N–H and O–H groups in total. The fraction of sp³-hybridized carbons (Fsp3) is 0.706. The molecule has 1 aliphatic rings. The van der Waals surface area contributed by atoms with Crippen LogP contribution in [-0.4, -0.2) is 17.8 Å². The van der Waals surface area contributed by atoms with Gasteiger partial charge in [0.05, 0.1) is 0 Å². The van der Waals surface area contributed by atoms with Gasteiger partial charge in [-0.25, -0.2) is 4.79 Å². The number of carbonyl (C=O) groups is 3. The summed E-state index contributed by atoms with van der Waals surface area (Å²) in [5, 5.41) is 4.45. The molecule has 0 spiro atoms. The molecule has 0 atom stereocenters. The molecule has 1 aliphatic heterocycles. The molecule has 0 saturated carbocycles. The lowest BCUT2D eigenvalue weighted by Gasteiger charge is -2.34. The first-order valence-corrected chi connectivity index (χ1v) is 8.23. The monoisotopic (exact) mass is 308 g/mol. The standard InChI is InChI=1S/C17H28N2O3/c1-4-5-6-7-8-9-10-11-17(12-13(2)3)14(20)18-16(22)19-15(17)21/h2,4-12H2,1,3H3,(H2,18,19,20,21,22). The third-order valence-electron chi connectivity index (χ3n) is 4.13. The predicted molar refractivity (Wildman–Crippen MR) is 86.2 cm³/mol. The Labute approximate surface area is 132 Å². The number of allylic oxidation sites excluding steroid dienone is 1. The number of imide groups is 2. The molecule has 1 heterocycles. The third kappa shape index (κ3) is 4.97. The lowest BCUT2D eigenvalue weighted by Crippen LogP contribution is -2.62. The largest absolute Gasteiger partial charge is 0.328 e. The van der Waals surface area contributed by atoms with E-state index < -0.39 is 23.3 Å². The van der Waals surface area contributed by atoms with E-state index in [2.05, 4.69) is 24.1 Å². The van der Waals surface area contributed by atoms with Crippen LogP contribution in [0.2, 0.25) is 0 Å². The van der Waals surface area contributed by atoms with Crippen molar-refractivity contribution in [3.05, 3.63) is 12.2 Å². The van der Waals surface area contributed by atoms with Crippen LogP contribution in [0, 0.1) is 5.41 Å². The zero-order chi connectivity index (χ0) is 16.6. The summed E-state index contributed by atoms with van der Waals surface area (Å²) in [4.78, 5) is 35.7. The minimum Gasteiger partial charge on any atom is -0.277 e. The number of barbiturate groups is 1. The van der Waals surface area contributed by atoms with Gasteiger partial charge in [0.1, 0.15) is 5.41 Å². The first-order valence-electron chi connectivity index (χ1n) is 8.23. The Morgan fingerprint density at radius 1 is 0.955 bits per heavy atom. The minimum atomic E-state index is -1.18. The van der Waals surface area contributed by atoms with Gasteiger partial charge in [-0.1, -0.05) is 57.4 Å². The van der Waals surface area contributed by atoms with Crippen molar-refractivity contribution in [2.24, 2.45) is 5.41 Å². The second-order valence-corrected chi connectivity index (χ2v) is 6.32. The zero-order valence-electron chi connectivity index (χ0n) is 13.8. The van der Waals surface area contributed by atoms with E-state index in [9.17, 15) is 14.4 Å². The first-order chi connectivity index (χ1) is 10.4. The summed E-state index contributed by atoms with van der Waals surface area (Å²) < 4.78 is 0. The number of amides is 4. The lowest BCUT2D eigenvalue weighted by molar-refractivity contribution is -0.145. The van der Waals surface area contributed by atoms with Crippen molar-refractivity contribution in [3.8, 4) is 0 Å². The van der Waals surface area contributed by atoms with Crippen molar-refractivity contribution in [1.29, 1.82) is 0 Å². The number of hydrogen-bond donors (Lipinski definition) is 2. The van der Waals surface area contributed by atoms with Crippen LogP contribution in [0.25, 0.3) is 0 Å². The highest BCUT2D eigenvalue weighted by molar-refractivity contribution is 6.19. The van der Waals surface area contributed by atoms with E-state index in [1.807, 2.05) is 0 Å². The van der Waals surface area contributed by atoms with Crippen LogP contribution >= 0.6 is 0 Å². The maximum Gasteiger partial charge on any atom is 0.328 e. The molecular formula is C17H28N2O3. The van der Waals surface area contributed by atoms with Gasteiger partial charge in [-0.15, -0.1) is 6.58 Å². The Balaban J connectivity index is 2.57. The number of rotatable bonds is 10. The maximum absolute atomic E-state index is 12.2. The molecule has 4 amide bonds. The normalized spacial score (nSPS) is 17.1. The van der Waals surface area contributed by atoms with E-state index in [1.165, 1.54) is 25.7 Å². The van der Waals surface area contributed by atoms with E-state index in [0.717, 1.165) is 24.8 Å². The molecule has 0 radical (unpaired) electrons. The van der Waals surface area contributed by atoms with E-state index >= 15 is 0 Å². The van der Waals surface area contributed by atoms with Crippen LogP contribution in [0.1, 0.15) is 71.6 Å². The van der Waals surface area contributed by atoms with E-state index in [0.29, 0.717) is 6.42 Å². The van der Waals surface area contributed by atoms with Gasteiger partial charge in [-0.3, -0.25) is 20.2 Å². The maximum atomic E-state index is 12.2. The van der Waals surface area contributed by atoms with Gasteiger partial charge in [-0.05, 0) is 19.8 Å². The molecule has 22 heavy (non-hydrogen) atoms. The van der Waals surface area contributed by atoms with Crippen molar-refractivity contribution in [3.63, 3.8) is 0 Å². The minimum absolute atomic E-state index is 0.285. The van der Waals surface area contributed by atoms with Gasteiger partial charge in [0.2, 0.25) is 11.8 Å². The highest BCUT2D eigenvalue weighted by Crippen LogP contribution is 2.34. The summed E-state index contributed by atoms with van der Waals surface area (Å²) in [5.74, 6) is -0.981. The van der Waals surface area contributed by atoms with Gasteiger partial charge in [0.25, 0.3) is 0 Å². The summed E-state index contributed by atoms with van der Waals surface area (Å²) in [6, 6.07) is -0.730. The van der Waals surface area contributed by atoms with Crippen molar-refractivity contribution in [1.82, 2.24) is 10.6 Å². The second-order valence-electron chi connectivity index (χ2n) is 6.32. The van der Waals surface area contributed by atoms with Crippen LogP contribution in [0.15, 0.2) is 12.2 Å². The molecular weight excluding hydrogens is 280 g/mol. The van der Waals surface area contributed by atoms with Gasteiger partial charge < -0.3 is 0 Å². The molecule has 1 fully saturated rings. The summed E-state index contributed by atoms with van der Waals surface area (Å²) in [6.45, 7) is 7.79. The fourth-order valence-corrected chi connectivity index (χ4v) is 2.95. The molecule has 0 bridgehead atoms. The first kappa shape index (κ1) is 18.4. The van der Waals surface area contributed by atoms with Crippen molar-refractivity contribution in [2.75, 3.05) is 0 Å². The highest BCUT2D eigenvalue weighted by atomic mass is 16.2. The number of urea groups is 1. The van der Waals surface area contributed by atoms with Crippen molar-refractivity contribution in [2.45, 2.75) is 71.6 Å². The molecule has 1 rings (SSSR count). The summed E-state index contributed by atoms with van der Waals surface area (Å²) in [7, 11) is 0. The SMILES string of the molecule is C=C(C)CC1(CCCCCCCCC)C(=O)NC(=O)NC1=O. The Bertz CT molecular complexity index is 423. The quantitative estimate of drug-likeness (QED) is 0.369. The lowest BCUT2D eigenvalue weighted by atomic mass is 9.75. The van der Waals surface area contributed by atoms with Crippen LogP contribution in [-0.2, 0) is 9.59 Å². The van der Waals surface area contributed by atoms with Gasteiger partial charge >= 0.3 is 6.03 Å². The molecule has 1 saturated heterocycles. The third-order valence-corrected chi connectivity index (χ3v) is 4.13. The number of hydrogen-bond acceptors (Lipinski definition) is 3. The van der Waals surface area contributed by atoms with Crippen molar-refractivity contribution < 1.29 is 14.4 Å². The molecule has 0 aromatic rings. The zero-order valence-corrected chi connectivity index (χ0v) is 13.8. The second kappa shape index (κ2) is 8.71. The Morgan fingerprint density at radius 2 is 1.45 bits per heavy atom. The molecule has 0 aliphatic carbocycles. The average Bonchev–Trinajstić information content (AvgIpc) is 2.42. The van der Waals surface area contributed by atoms with Crippen molar-refractivity contribution >= 4 is 17.8 Å². The predicted octanol–water partition coefficient (Wildman–Crippen LogP) is 3.45. The molecule has 0 aromatic heterocycles. The van der Waals surface area contributed by atoms with E-state index in [1.54, 1.807) is 6.92 Å². The van der Waals surface area contributed by atoms with Crippen LogP contribution in [0.4, 0.5) is 4.79 Å². The summed E-state index contributed by atoms with van der Waals surface area (Å²) in [6.07, 6.45) is 8.56. The summed E-state index contributed by atoms with van der Waals surface area (Å²) in [5.41, 5.74) is -0.411. The number of carbonyl (C=O) groups excluding carboxylic acids is 3. The summed E-state index contributed by atoms with van der Waals surface area (Å²) >= 11 is 0. The highest BCUT2D eigenvalue weighted by Gasteiger charge is 2.49. The molecule has 0 unspecified atom stereocenters. The topological polar surface area (TPSA) is 75.3 Å². The number of nitrogens with one attached hydrogen (secondary N) is 2. The molecule has 5 heteroatoms. The number of unbranched alkanes of at least 4 members (excludes halogenated alkanes) is 6. The van der Waals surface area contributed by atoms with Crippen LogP contribution in [0.5, 0.6) is 0 Å². The Hall–Kier alpha value is -1.65. The smallest absolute Gasteiger partial charge is 0.277 e. The molecule has 0 aromatic carbocycles. The van der Waals surface area contributed by atoms with Gasteiger partial charge in [0, 0.05) is 0 Å². The van der Waals surface area contributed by atoms with Gasteiger partial charge in [-0.2, -0.15) is 0 Å². The van der Waals surface area contributed by atoms with E-state index in [-0.39, 0.29) is 6.42 Å². The molecule has 5 nitrogen and oxygen atoms in total. The Morgan fingerprint density at radius 3 is 1.95 bits per heavy atom. The van der Waals surface area contributed by atoms with Crippen LogP contribution in [0.3, 0.4) is 0 Å². The van der Waals surface area contributed by atoms with Gasteiger partial charge in [0.15, 0.2) is 0 Å². The molecule has 124 valence electrons. The van der Waals surface area contributed by atoms with E-state index in [4.69, 9.17) is 0 Å².